The van der Waals surface area contributed by atoms with E-state index in [1.54, 1.807) is 25.6 Å². The number of anilines is 1. The number of carbonyl (C=O) groups is 2. The first-order chi connectivity index (χ1) is 12.4. The Labute approximate surface area is 167 Å². The van der Waals surface area contributed by atoms with Crippen LogP contribution in [-0.4, -0.2) is 40.6 Å². The largest absolute Gasteiger partial charge is 0.389 e. The second kappa shape index (κ2) is 10.1. The molecule has 0 aliphatic heterocycles. The number of benzene rings is 1. The summed E-state index contributed by atoms with van der Waals surface area (Å²) < 4.78 is 0. The van der Waals surface area contributed by atoms with Crippen LogP contribution in [0.15, 0.2) is 24.3 Å². The number of carbonyl (C=O) groups excluding carboxylic acids is 2. The number of hydrogen-bond donors (Lipinski definition) is 3. The van der Waals surface area contributed by atoms with Crippen LogP contribution in [-0.2, 0) is 16.0 Å². The Kier molecular flexibility index (Phi) is 8.82. The lowest BCUT2D eigenvalue weighted by molar-refractivity contribution is -0.124. The molecule has 0 aliphatic carbocycles. The summed E-state index contributed by atoms with van der Waals surface area (Å²) in [5, 5.41) is 15.7. The molecular formula is C21H34N2O3S. The van der Waals surface area contributed by atoms with E-state index in [1.165, 1.54) is 0 Å². The number of hydrogen-bond acceptors (Lipinski definition) is 4. The molecule has 5 nitrogen and oxygen atoms in total. The monoisotopic (exact) mass is 394 g/mol. The van der Waals surface area contributed by atoms with Crippen molar-refractivity contribution in [2.75, 3.05) is 18.1 Å². The van der Waals surface area contributed by atoms with E-state index < -0.39 is 5.60 Å². The van der Waals surface area contributed by atoms with Crippen molar-refractivity contribution in [3.63, 3.8) is 0 Å². The molecular weight excluding hydrogens is 360 g/mol. The Morgan fingerprint density at radius 3 is 2.22 bits per heavy atom. The molecule has 0 radical (unpaired) electrons. The summed E-state index contributed by atoms with van der Waals surface area (Å²) in [7, 11) is 0. The second-order valence-corrected chi connectivity index (χ2v) is 9.88. The average molecular weight is 395 g/mol. The summed E-state index contributed by atoms with van der Waals surface area (Å²) in [4.78, 5) is 24.1. The molecule has 2 amide bonds. The molecule has 0 fully saturated rings. The molecule has 152 valence electrons. The van der Waals surface area contributed by atoms with Gasteiger partial charge in [-0.1, -0.05) is 32.9 Å². The highest BCUT2D eigenvalue weighted by Crippen LogP contribution is 2.26. The van der Waals surface area contributed by atoms with Crippen LogP contribution >= 0.6 is 11.8 Å². The van der Waals surface area contributed by atoms with E-state index >= 15 is 0 Å². The molecule has 1 atom stereocenters. The fourth-order valence-electron chi connectivity index (χ4n) is 2.69. The van der Waals surface area contributed by atoms with Crippen LogP contribution in [0.4, 0.5) is 5.69 Å². The van der Waals surface area contributed by atoms with Gasteiger partial charge in [-0.05, 0) is 49.6 Å². The fourth-order valence-corrected chi connectivity index (χ4v) is 3.01. The van der Waals surface area contributed by atoms with Gasteiger partial charge in [-0.3, -0.25) is 9.59 Å². The molecule has 1 aromatic carbocycles. The molecule has 1 unspecified atom stereocenters. The van der Waals surface area contributed by atoms with Gasteiger partial charge < -0.3 is 15.7 Å². The van der Waals surface area contributed by atoms with Gasteiger partial charge in [0.2, 0.25) is 11.8 Å². The highest BCUT2D eigenvalue weighted by atomic mass is 32.2. The summed E-state index contributed by atoms with van der Waals surface area (Å²) >= 11 is 1.67. The first-order valence-corrected chi connectivity index (χ1v) is 10.6. The fraction of sp³-hybridized carbons (Fsp3) is 0.619. The van der Waals surface area contributed by atoms with Crippen molar-refractivity contribution in [1.82, 2.24) is 5.32 Å². The van der Waals surface area contributed by atoms with Crippen molar-refractivity contribution in [3.8, 4) is 0 Å². The molecule has 0 saturated carbocycles. The quantitative estimate of drug-likeness (QED) is 0.566. The minimum Gasteiger partial charge on any atom is -0.389 e. The lowest BCUT2D eigenvalue weighted by atomic mass is 9.82. The zero-order valence-corrected chi connectivity index (χ0v) is 18.2. The van der Waals surface area contributed by atoms with Crippen molar-refractivity contribution in [1.29, 1.82) is 0 Å². The standard InChI is InChI=1S/C21H34N2O3S/c1-15(27-6)11-18(24)23-17-9-7-16(8-10-17)12-20(2,3)13-19(25)22-14-21(4,5)26/h7-10,15,26H,11-14H2,1-6H3,(H,22,25)(H,23,24). The average Bonchev–Trinajstić information content (AvgIpc) is 2.53. The number of rotatable bonds is 10. The Balaban J connectivity index is 2.55. The third-order valence-electron chi connectivity index (χ3n) is 4.15. The number of aliphatic hydroxyl groups is 1. The lowest BCUT2D eigenvalue weighted by Crippen LogP contribution is -2.39. The molecule has 1 rings (SSSR count). The maximum absolute atomic E-state index is 12.1. The number of thioether (sulfide) groups is 1. The van der Waals surface area contributed by atoms with Crippen LogP contribution in [0, 0.1) is 5.41 Å². The minimum atomic E-state index is -0.909. The second-order valence-electron chi connectivity index (χ2n) is 8.60. The number of amides is 2. The Morgan fingerprint density at radius 2 is 1.70 bits per heavy atom. The predicted octanol–water partition coefficient (Wildman–Crippen LogP) is 3.61. The molecule has 0 heterocycles. The molecule has 3 N–H and O–H groups in total. The maximum Gasteiger partial charge on any atom is 0.225 e. The summed E-state index contributed by atoms with van der Waals surface area (Å²) in [6, 6.07) is 7.79. The van der Waals surface area contributed by atoms with Gasteiger partial charge in [0.05, 0.1) is 5.60 Å². The topological polar surface area (TPSA) is 78.4 Å². The van der Waals surface area contributed by atoms with Crippen LogP contribution in [0.2, 0.25) is 0 Å². The van der Waals surface area contributed by atoms with Crippen LogP contribution in [0.1, 0.15) is 53.0 Å². The summed E-state index contributed by atoms with van der Waals surface area (Å²) in [6.45, 7) is 9.71. The summed E-state index contributed by atoms with van der Waals surface area (Å²) in [5.41, 5.74) is 0.791. The van der Waals surface area contributed by atoms with Gasteiger partial charge in [0.1, 0.15) is 0 Å². The molecule has 0 aromatic heterocycles. The van der Waals surface area contributed by atoms with Crippen molar-refractivity contribution in [2.45, 2.75) is 64.7 Å². The van der Waals surface area contributed by atoms with Crippen molar-refractivity contribution in [3.05, 3.63) is 29.8 Å². The maximum atomic E-state index is 12.1. The lowest BCUT2D eigenvalue weighted by Gasteiger charge is -2.25. The molecule has 1 aromatic rings. The molecule has 0 bridgehead atoms. The first-order valence-electron chi connectivity index (χ1n) is 9.31. The zero-order chi connectivity index (χ0) is 20.7. The van der Waals surface area contributed by atoms with Gasteiger partial charge in [-0.25, -0.2) is 0 Å². The van der Waals surface area contributed by atoms with Crippen LogP contribution in [0.3, 0.4) is 0 Å². The molecule has 6 heteroatoms. The van der Waals surface area contributed by atoms with Gasteiger partial charge in [0.25, 0.3) is 0 Å². The van der Waals surface area contributed by atoms with Gasteiger partial charge in [0, 0.05) is 30.3 Å². The molecule has 27 heavy (non-hydrogen) atoms. The van der Waals surface area contributed by atoms with Crippen LogP contribution in [0.5, 0.6) is 0 Å². The van der Waals surface area contributed by atoms with E-state index in [0.717, 1.165) is 17.7 Å². The van der Waals surface area contributed by atoms with E-state index in [-0.39, 0.29) is 23.8 Å². The van der Waals surface area contributed by atoms with Crippen molar-refractivity contribution >= 4 is 29.3 Å². The van der Waals surface area contributed by atoms with E-state index in [4.69, 9.17) is 0 Å². The third-order valence-corrected chi connectivity index (χ3v) is 5.12. The van der Waals surface area contributed by atoms with Crippen molar-refractivity contribution in [2.24, 2.45) is 5.41 Å². The van der Waals surface area contributed by atoms with Crippen molar-refractivity contribution < 1.29 is 14.7 Å². The van der Waals surface area contributed by atoms with Gasteiger partial charge in [-0.15, -0.1) is 0 Å². The zero-order valence-electron chi connectivity index (χ0n) is 17.4. The summed E-state index contributed by atoms with van der Waals surface area (Å²) in [6.07, 6.45) is 3.63. The molecule has 0 saturated heterocycles. The van der Waals surface area contributed by atoms with E-state index in [9.17, 15) is 14.7 Å². The predicted molar refractivity (Wildman–Crippen MR) is 114 cm³/mol. The minimum absolute atomic E-state index is 0.0217. The van der Waals surface area contributed by atoms with Gasteiger partial charge in [-0.2, -0.15) is 11.8 Å². The normalized spacial score (nSPS) is 13.1. The molecule has 0 spiro atoms. The Hall–Kier alpha value is -1.53. The third kappa shape index (κ3) is 10.4. The van der Waals surface area contributed by atoms with E-state index in [2.05, 4.69) is 24.5 Å². The van der Waals surface area contributed by atoms with E-state index in [1.807, 2.05) is 37.4 Å². The summed E-state index contributed by atoms with van der Waals surface area (Å²) in [5.74, 6) is -0.0395. The highest BCUT2D eigenvalue weighted by Gasteiger charge is 2.24. The van der Waals surface area contributed by atoms with Crippen LogP contribution < -0.4 is 10.6 Å². The highest BCUT2D eigenvalue weighted by molar-refractivity contribution is 7.99. The Bertz CT molecular complexity index is 621. The van der Waals surface area contributed by atoms with Crippen LogP contribution in [0.25, 0.3) is 0 Å². The number of nitrogens with one attached hydrogen (secondary N) is 2. The SMILES string of the molecule is CSC(C)CC(=O)Nc1ccc(CC(C)(C)CC(=O)NCC(C)(C)O)cc1. The smallest absolute Gasteiger partial charge is 0.225 e. The Morgan fingerprint density at radius 1 is 1.11 bits per heavy atom. The van der Waals surface area contributed by atoms with E-state index in [0.29, 0.717) is 18.1 Å². The van der Waals surface area contributed by atoms with Gasteiger partial charge in [0.15, 0.2) is 0 Å². The molecule has 0 aliphatic rings. The first kappa shape index (κ1) is 23.5. The van der Waals surface area contributed by atoms with Gasteiger partial charge >= 0.3 is 0 Å².